The van der Waals surface area contributed by atoms with E-state index in [-0.39, 0.29) is 17.8 Å². The number of ether oxygens (including phenoxy) is 3. The molecule has 86 valence electrons. The van der Waals surface area contributed by atoms with Gasteiger partial charge in [-0.3, -0.25) is 0 Å². The van der Waals surface area contributed by atoms with Gasteiger partial charge >= 0.3 is 0 Å². The van der Waals surface area contributed by atoms with Gasteiger partial charge in [0.2, 0.25) is 0 Å². The summed E-state index contributed by atoms with van der Waals surface area (Å²) in [6.45, 7) is 11.4. The third-order valence-electron chi connectivity index (χ3n) is 1.77. The molecule has 0 fully saturated rings. The summed E-state index contributed by atoms with van der Waals surface area (Å²) in [5.74, 6) is 0. The van der Waals surface area contributed by atoms with Crippen LogP contribution in [0.4, 0.5) is 0 Å². The number of rotatable bonds is 6. The summed E-state index contributed by atoms with van der Waals surface area (Å²) in [6, 6.07) is 0. The van der Waals surface area contributed by atoms with Gasteiger partial charge in [0.1, 0.15) is 0 Å². The Morgan fingerprint density at radius 2 is 1.57 bits per heavy atom. The van der Waals surface area contributed by atoms with Gasteiger partial charge in [0.15, 0.2) is 0 Å². The molecule has 0 radical (unpaired) electrons. The second-order valence-corrected chi connectivity index (χ2v) is 4.61. The number of hydrogen-bond acceptors (Lipinski definition) is 3. The van der Waals surface area contributed by atoms with Crippen molar-refractivity contribution < 1.29 is 14.2 Å². The Kier molecular flexibility index (Phi) is 6.33. The van der Waals surface area contributed by atoms with E-state index < -0.39 is 0 Å². The lowest BCUT2D eigenvalue weighted by atomic mass is 10.2. The van der Waals surface area contributed by atoms with Gasteiger partial charge in [0.05, 0.1) is 31.0 Å². The quantitative estimate of drug-likeness (QED) is 0.664. The van der Waals surface area contributed by atoms with E-state index in [9.17, 15) is 0 Å². The zero-order chi connectivity index (χ0) is 11.2. The first kappa shape index (κ1) is 13.9. The molecular formula is C11H24O3. The largest absolute Gasteiger partial charge is 0.379 e. The fourth-order valence-corrected chi connectivity index (χ4v) is 0.783. The second kappa shape index (κ2) is 6.38. The predicted molar refractivity (Wildman–Crippen MR) is 57.6 cm³/mol. The van der Waals surface area contributed by atoms with E-state index >= 15 is 0 Å². The minimum Gasteiger partial charge on any atom is -0.379 e. The topological polar surface area (TPSA) is 27.7 Å². The van der Waals surface area contributed by atoms with Crippen LogP contribution in [0.25, 0.3) is 0 Å². The first-order chi connectivity index (χ1) is 6.35. The van der Waals surface area contributed by atoms with Crippen molar-refractivity contribution in [1.29, 1.82) is 0 Å². The Morgan fingerprint density at radius 3 is 2.00 bits per heavy atom. The van der Waals surface area contributed by atoms with Crippen LogP contribution in [0.1, 0.15) is 34.6 Å². The smallest absolute Gasteiger partial charge is 0.0782 e. The Labute approximate surface area is 87.7 Å². The van der Waals surface area contributed by atoms with Crippen molar-refractivity contribution >= 4 is 0 Å². The van der Waals surface area contributed by atoms with Crippen molar-refractivity contribution in [1.82, 2.24) is 0 Å². The van der Waals surface area contributed by atoms with Crippen LogP contribution in [0.3, 0.4) is 0 Å². The monoisotopic (exact) mass is 204 g/mol. The molecule has 0 amide bonds. The highest BCUT2D eigenvalue weighted by atomic mass is 16.6. The molecule has 0 aromatic carbocycles. The van der Waals surface area contributed by atoms with Crippen LogP contribution in [0.2, 0.25) is 0 Å². The van der Waals surface area contributed by atoms with E-state index in [1.54, 1.807) is 7.11 Å². The highest BCUT2D eigenvalue weighted by Gasteiger charge is 2.13. The van der Waals surface area contributed by atoms with E-state index in [1.165, 1.54) is 0 Å². The lowest BCUT2D eigenvalue weighted by molar-refractivity contribution is -0.0831. The first-order valence-electron chi connectivity index (χ1n) is 5.13. The van der Waals surface area contributed by atoms with Gasteiger partial charge in [-0.1, -0.05) is 0 Å². The zero-order valence-electron chi connectivity index (χ0n) is 10.3. The van der Waals surface area contributed by atoms with E-state index in [4.69, 9.17) is 14.2 Å². The molecular weight excluding hydrogens is 180 g/mol. The summed E-state index contributed by atoms with van der Waals surface area (Å²) < 4.78 is 16.2. The van der Waals surface area contributed by atoms with Crippen LogP contribution < -0.4 is 0 Å². The second-order valence-electron chi connectivity index (χ2n) is 4.61. The Bertz CT molecular complexity index is 140. The van der Waals surface area contributed by atoms with Crippen molar-refractivity contribution in [2.75, 3.05) is 20.3 Å². The minimum absolute atomic E-state index is 0.0928. The molecule has 0 N–H and O–H groups in total. The summed E-state index contributed by atoms with van der Waals surface area (Å²) in [5, 5.41) is 0. The van der Waals surface area contributed by atoms with Crippen molar-refractivity contribution in [3.8, 4) is 0 Å². The van der Waals surface area contributed by atoms with Crippen LogP contribution in [0, 0.1) is 0 Å². The first-order valence-corrected chi connectivity index (χ1v) is 5.13. The summed E-state index contributed by atoms with van der Waals surface area (Å²) in [5.41, 5.74) is -0.0928. The molecule has 0 spiro atoms. The average Bonchev–Trinajstić information content (AvgIpc) is 2.09. The molecule has 14 heavy (non-hydrogen) atoms. The fraction of sp³-hybridized carbons (Fsp3) is 1.00. The van der Waals surface area contributed by atoms with E-state index in [0.717, 1.165) is 0 Å². The maximum atomic E-state index is 5.59. The molecule has 0 aromatic rings. The van der Waals surface area contributed by atoms with Crippen molar-refractivity contribution in [2.24, 2.45) is 0 Å². The number of methoxy groups -OCH3 is 1. The predicted octanol–water partition coefficient (Wildman–Crippen LogP) is 2.24. The molecule has 0 saturated carbocycles. The maximum absolute atomic E-state index is 5.59. The molecule has 0 aromatic heterocycles. The van der Waals surface area contributed by atoms with Crippen LogP contribution in [0.5, 0.6) is 0 Å². The molecule has 0 aliphatic heterocycles. The van der Waals surface area contributed by atoms with Gasteiger partial charge in [-0.15, -0.1) is 0 Å². The van der Waals surface area contributed by atoms with Gasteiger partial charge in [0.25, 0.3) is 0 Å². The zero-order valence-corrected chi connectivity index (χ0v) is 10.3. The van der Waals surface area contributed by atoms with Gasteiger partial charge in [-0.2, -0.15) is 0 Å². The fourth-order valence-electron chi connectivity index (χ4n) is 0.783. The van der Waals surface area contributed by atoms with Gasteiger partial charge < -0.3 is 14.2 Å². The summed E-state index contributed by atoms with van der Waals surface area (Å²) in [6.07, 6.45) is 0.263. The highest BCUT2D eigenvalue weighted by molar-refractivity contribution is 4.61. The molecule has 0 aliphatic rings. The van der Waals surface area contributed by atoms with Crippen LogP contribution in [-0.4, -0.2) is 38.1 Å². The van der Waals surface area contributed by atoms with Gasteiger partial charge in [0, 0.05) is 7.11 Å². The number of hydrogen-bond donors (Lipinski definition) is 0. The molecule has 2 atom stereocenters. The third kappa shape index (κ3) is 8.48. The van der Waals surface area contributed by atoms with Crippen LogP contribution in [-0.2, 0) is 14.2 Å². The molecule has 2 unspecified atom stereocenters. The van der Waals surface area contributed by atoms with E-state index in [2.05, 4.69) is 0 Å². The van der Waals surface area contributed by atoms with Crippen LogP contribution >= 0.6 is 0 Å². The third-order valence-corrected chi connectivity index (χ3v) is 1.77. The Balaban J connectivity index is 3.51. The summed E-state index contributed by atoms with van der Waals surface area (Å²) >= 11 is 0. The standard InChI is InChI=1S/C11H24O3/c1-9(12-6)7-13-10(2)8-14-11(3,4)5/h9-10H,7-8H2,1-6H3. The highest BCUT2D eigenvalue weighted by Crippen LogP contribution is 2.08. The summed E-state index contributed by atoms with van der Waals surface area (Å²) in [7, 11) is 1.68. The van der Waals surface area contributed by atoms with Crippen molar-refractivity contribution in [3.63, 3.8) is 0 Å². The minimum atomic E-state index is -0.0928. The van der Waals surface area contributed by atoms with Crippen molar-refractivity contribution in [2.45, 2.75) is 52.4 Å². The Hall–Kier alpha value is -0.120. The lowest BCUT2D eigenvalue weighted by Gasteiger charge is -2.23. The molecule has 0 bridgehead atoms. The maximum Gasteiger partial charge on any atom is 0.0782 e. The molecule has 0 heterocycles. The summed E-state index contributed by atoms with van der Waals surface area (Å²) in [4.78, 5) is 0. The average molecular weight is 204 g/mol. The van der Waals surface area contributed by atoms with Crippen LogP contribution in [0.15, 0.2) is 0 Å². The Morgan fingerprint density at radius 1 is 1.00 bits per heavy atom. The molecule has 3 nitrogen and oxygen atoms in total. The normalized spacial score (nSPS) is 16.7. The SMILES string of the molecule is COC(C)COC(C)COC(C)(C)C. The van der Waals surface area contributed by atoms with E-state index in [0.29, 0.717) is 13.2 Å². The molecule has 0 saturated heterocycles. The van der Waals surface area contributed by atoms with Crippen molar-refractivity contribution in [3.05, 3.63) is 0 Å². The molecule has 0 rings (SSSR count). The molecule has 0 aliphatic carbocycles. The van der Waals surface area contributed by atoms with E-state index in [1.807, 2.05) is 34.6 Å². The van der Waals surface area contributed by atoms with Gasteiger partial charge in [-0.25, -0.2) is 0 Å². The lowest BCUT2D eigenvalue weighted by Crippen LogP contribution is -2.28. The molecule has 3 heteroatoms. The van der Waals surface area contributed by atoms with Gasteiger partial charge in [-0.05, 0) is 34.6 Å².